The number of primary amides is 1. The predicted molar refractivity (Wildman–Crippen MR) is 30.0 cm³/mol. The van der Waals surface area contributed by atoms with Gasteiger partial charge in [0.25, 0.3) is 0 Å². The number of carbonyl (C=O) groups is 1. The lowest BCUT2D eigenvalue weighted by Gasteiger charge is -1.90. The smallest absolute Gasteiger partial charge is 0.219 e. The maximum Gasteiger partial charge on any atom is 0.219 e. The molecule has 50 valence electrons. The summed E-state index contributed by atoms with van der Waals surface area (Å²) in [6.07, 6.45) is 0. The molecule has 0 saturated carbocycles. The van der Waals surface area contributed by atoms with Crippen LogP contribution in [0.2, 0.25) is 0 Å². The molecule has 0 atom stereocenters. The molecule has 1 amide bonds. The summed E-state index contributed by atoms with van der Waals surface area (Å²) in [6.45, 7) is 3.53. The van der Waals surface area contributed by atoms with Gasteiger partial charge in [0.1, 0.15) is 0 Å². The van der Waals surface area contributed by atoms with Crippen molar-refractivity contribution >= 4 is 5.91 Å². The second-order valence-corrected chi connectivity index (χ2v) is 1.56. The summed E-state index contributed by atoms with van der Waals surface area (Å²) in [4.78, 5) is 9.92. The molecule has 4 nitrogen and oxygen atoms in total. The van der Waals surface area contributed by atoms with Crippen LogP contribution in [0.25, 0.3) is 0 Å². The van der Waals surface area contributed by atoms with Gasteiger partial charge in [0.15, 0.2) is 0 Å². The van der Waals surface area contributed by atoms with Crippen LogP contribution in [0.5, 0.6) is 0 Å². The normalized spacial score (nSPS) is 7.62. The molecule has 0 rings (SSSR count). The van der Waals surface area contributed by atoms with E-state index in [0.717, 1.165) is 0 Å². The van der Waals surface area contributed by atoms with Crippen LogP contribution in [-0.4, -0.2) is 11.1 Å². The first-order chi connectivity index (χ1) is 3.64. The Morgan fingerprint density at radius 1 is 1.50 bits per heavy atom. The number of carbonyl (C=O) groups excluding carboxylic acids is 1. The maximum absolute atomic E-state index is 9.92. The highest BCUT2D eigenvalue weighted by Crippen LogP contribution is 1.84. The van der Waals surface area contributed by atoms with Crippen molar-refractivity contribution in [3.05, 3.63) is 0 Å². The average Bonchev–Trinajstić information content (AvgIpc) is 1.72. The zero-order valence-electron chi connectivity index (χ0n) is 5.09. The van der Waals surface area contributed by atoms with Crippen LogP contribution in [0, 0.1) is 5.92 Å². The summed E-state index contributed by atoms with van der Waals surface area (Å²) in [7, 11) is 0. The molecule has 4 heteroatoms. The molecule has 0 aliphatic rings. The van der Waals surface area contributed by atoms with E-state index in [1.807, 2.05) is 0 Å². The molecule has 0 bridgehead atoms. The van der Waals surface area contributed by atoms with Crippen LogP contribution >= 0.6 is 0 Å². The Balaban J connectivity index is 0. The van der Waals surface area contributed by atoms with Gasteiger partial charge in [-0.1, -0.05) is 13.8 Å². The molecule has 0 aromatic carbocycles. The molecule has 0 aromatic heterocycles. The monoisotopic (exact) mass is 120 g/mol. The van der Waals surface area contributed by atoms with Crippen LogP contribution in [0.1, 0.15) is 13.8 Å². The largest absolute Gasteiger partial charge is 0.369 e. The van der Waals surface area contributed by atoms with Crippen LogP contribution in [0.4, 0.5) is 0 Å². The first-order valence-corrected chi connectivity index (χ1v) is 2.19. The molecule has 0 heterocycles. The van der Waals surface area contributed by atoms with Gasteiger partial charge < -0.3 is 10.9 Å². The summed E-state index contributed by atoms with van der Waals surface area (Å²) in [6, 6.07) is 0. The van der Waals surface area contributed by atoms with Gasteiger partial charge in [0.2, 0.25) is 5.91 Å². The molecule has 0 aromatic rings. The first kappa shape index (κ1) is 10.4. The molecule has 5 N–H and O–H groups in total. The topological polar surface area (TPSA) is 89.3 Å². The van der Waals surface area contributed by atoms with Crippen LogP contribution in [0.3, 0.4) is 0 Å². The van der Waals surface area contributed by atoms with Crippen molar-refractivity contribution in [2.45, 2.75) is 13.8 Å². The van der Waals surface area contributed by atoms with Gasteiger partial charge in [0.05, 0.1) is 0 Å². The first-order valence-electron chi connectivity index (χ1n) is 2.19. The number of hydrogen-bond acceptors (Lipinski definition) is 3. The number of amides is 1. The standard InChI is InChI=1S/C4H9NO.H3NO/c1-3(2)4(5)6;1-2/h3H,1-2H3,(H2,5,6);2H,1H2. The third-order valence-corrected chi connectivity index (χ3v) is 0.569. The predicted octanol–water partition coefficient (Wildman–Crippen LogP) is -0.538. The third kappa shape index (κ3) is 9.04. The average molecular weight is 120 g/mol. The Kier molecular flexibility index (Phi) is 8.30. The molecular formula is C4H12N2O2. The van der Waals surface area contributed by atoms with Crippen molar-refractivity contribution in [1.82, 2.24) is 0 Å². The van der Waals surface area contributed by atoms with Gasteiger partial charge in [-0.3, -0.25) is 4.79 Å². The molecule has 0 radical (unpaired) electrons. The van der Waals surface area contributed by atoms with Crippen molar-refractivity contribution in [2.75, 3.05) is 0 Å². The quantitative estimate of drug-likeness (QED) is 0.406. The van der Waals surface area contributed by atoms with E-state index in [1.165, 1.54) is 0 Å². The minimum atomic E-state index is -0.241. The summed E-state index contributed by atoms with van der Waals surface area (Å²) < 4.78 is 0. The Hall–Kier alpha value is -0.610. The molecule has 0 aliphatic heterocycles. The molecule has 0 unspecified atom stereocenters. The summed E-state index contributed by atoms with van der Waals surface area (Å²) >= 11 is 0. The number of nitrogens with two attached hydrogens (primary N) is 2. The van der Waals surface area contributed by atoms with Crippen LogP contribution in [0.15, 0.2) is 0 Å². The van der Waals surface area contributed by atoms with Crippen molar-refractivity contribution in [2.24, 2.45) is 17.5 Å². The molecule has 0 fully saturated rings. The van der Waals surface area contributed by atoms with Gasteiger partial charge in [-0.25, -0.2) is 5.90 Å². The SMILES string of the molecule is CC(C)C(N)=O.NO. The fourth-order valence-corrected chi connectivity index (χ4v) is 0. The van der Waals surface area contributed by atoms with E-state index in [9.17, 15) is 4.79 Å². The lowest BCUT2D eigenvalue weighted by Crippen LogP contribution is -2.17. The molecule has 0 spiro atoms. The highest BCUT2D eigenvalue weighted by Gasteiger charge is 1.96. The zero-order valence-corrected chi connectivity index (χ0v) is 5.09. The fourth-order valence-electron chi connectivity index (χ4n) is 0. The van der Waals surface area contributed by atoms with Gasteiger partial charge in [-0.2, -0.15) is 0 Å². The number of rotatable bonds is 1. The lowest BCUT2D eigenvalue weighted by atomic mass is 10.2. The molecule has 0 aliphatic carbocycles. The van der Waals surface area contributed by atoms with E-state index < -0.39 is 0 Å². The summed E-state index contributed by atoms with van der Waals surface area (Å²) in [5.74, 6) is 3.25. The minimum absolute atomic E-state index is 0.00926. The second-order valence-electron chi connectivity index (χ2n) is 1.56. The Bertz CT molecular complexity index is 63.1. The van der Waals surface area contributed by atoms with E-state index in [-0.39, 0.29) is 11.8 Å². The fraction of sp³-hybridized carbons (Fsp3) is 0.750. The van der Waals surface area contributed by atoms with Gasteiger partial charge in [0, 0.05) is 5.92 Å². The van der Waals surface area contributed by atoms with E-state index in [2.05, 4.69) is 5.90 Å². The Labute approximate surface area is 48.4 Å². The highest BCUT2D eigenvalue weighted by molar-refractivity contribution is 5.75. The van der Waals surface area contributed by atoms with E-state index >= 15 is 0 Å². The zero-order chi connectivity index (χ0) is 7.15. The third-order valence-electron chi connectivity index (χ3n) is 0.569. The molecular weight excluding hydrogens is 108 g/mol. The Morgan fingerprint density at radius 3 is 1.62 bits per heavy atom. The van der Waals surface area contributed by atoms with Gasteiger partial charge in [-0.15, -0.1) is 0 Å². The van der Waals surface area contributed by atoms with Gasteiger partial charge in [-0.05, 0) is 0 Å². The van der Waals surface area contributed by atoms with E-state index in [1.54, 1.807) is 13.8 Å². The molecule has 8 heavy (non-hydrogen) atoms. The molecule has 0 saturated heterocycles. The lowest BCUT2D eigenvalue weighted by molar-refractivity contribution is -0.120. The van der Waals surface area contributed by atoms with E-state index in [0.29, 0.717) is 0 Å². The summed E-state index contributed by atoms with van der Waals surface area (Å²) in [5, 5.41) is 6.50. The number of hydrogen-bond donors (Lipinski definition) is 3. The second kappa shape index (κ2) is 6.39. The van der Waals surface area contributed by atoms with Crippen molar-refractivity contribution in [3.63, 3.8) is 0 Å². The Morgan fingerprint density at radius 2 is 1.62 bits per heavy atom. The highest BCUT2D eigenvalue weighted by atomic mass is 16.4. The van der Waals surface area contributed by atoms with Gasteiger partial charge >= 0.3 is 0 Å². The van der Waals surface area contributed by atoms with Crippen molar-refractivity contribution in [3.8, 4) is 0 Å². The van der Waals surface area contributed by atoms with Crippen LogP contribution < -0.4 is 11.6 Å². The van der Waals surface area contributed by atoms with E-state index in [4.69, 9.17) is 10.9 Å². The minimum Gasteiger partial charge on any atom is -0.369 e. The van der Waals surface area contributed by atoms with Crippen molar-refractivity contribution in [1.29, 1.82) is 0 Å². The maximum atomic E-state index is 9.92. The summed E-state index contributed by atoms with van der Waals surface area (Å²) in [5.41, 5.74) is 4.80. The van der Waals surface area contributed by atoms with Crippen LogP contribution in [-0.2, 0) is 4.79 Å². The van der Waals surface area contributed by atoms with Crippen molar-refractivity contribution < 1.29 is 10.0 Å².